The van der Waals surface area contributed by atoms with Crippen molar-refractivity contribution in [2.24, 2.45) is 0 Å². The van der Waals surface area contributed by atoms with Gasteiger partial charge in [-0.3, -0.25) is 0 Å². The molecular formula is C17H17IN2O. The van der Waals surface area contributed by atoms with Crippen molar-refractivity contribution in [3.05, 3.63) is 57.2 Å². The maximum Gasteiger partial charge on any atom is 0.174 e. The Morgan fingerprint density at radius 3 is 2.57 bits per heavy atom. The number of halogens is 1. The predicted octanol–water partition coefficient (Wildman–Crippen LogP) is 4.68. The molecule has 0 spiro atoms. The van der Waals surface area contributed by atoms with E-state index in [9.17, 15) is 0 Å². The standard InChI is InChI=1S/C17H17IN2O/c1-12-11-15(18)5-8-17(12)20-13(2)14-3-6-16(7-4-14)21-10-9-19/h3-8,11,13,20H,10H2,1-2H3. The first-order valence-corrected chi connectivity index (χ1v) is 7.80. The summed E-state index contributed by atoms with van der Waals surface area (Å²) in [7, 11) is 0. The minimum absolute atomic E-state index is 0.0784. The van der Waals surface area contributed by atoms with Crippen LogP contribution in [0.5, 0.6) is 5.75 Å². The fourth-order valence-corrected chi connectivity index (χ4v) is 2.72. The lowest BCUT2D eigenvalue weighted by molar-refractivity contribution is 0.368. The van der Waals surface area contributed by atoms with E-state index in [2.05, 4.69) is 60.0 Å². The number of aryl methyl sites for hydroxylation is 1. The summed E-state index contributed by atoms with van der Waals surface area (Å²) in [6.45, 7) is 4.31. The highest BCUT2D eigenvalue weighted by molar-refractivity contribution is 14.1. The van der Waals surface area contributed by atoms with Crippen molar-refractivity contribution in [1.82, 2.24) is 0 Å². The van der Waals surface area contributed by atoms with Crippen molar-refractivity contribution in [3.63, 3.8) is 0 Å². The second-order valence-electron chi connectivity index (χ2n) is 4.84. The van der Waals surface area contributed by atoms with Gasteiger partial charge in [-0.25, -0.2) is 0 Å². The highest BCUT2D eigenvalue weighted by Gasteiger charge is 2.07. The molecule has 0 radical (unpaired) electrons. The fourth-order valence-electron chi connectivity index (χ4n) is 2.07. The Morgan fingerprint density at radius 2 is 1.95 bits per heavy atom. The molecule has 0 aromatic heterocycles. The van der Waals surface area contributed by atoms with E-state index >= 15 is 0 Å². The van der Waals surface area contributed by atoms with Gasteiger partial charge in [-0.1, -0.05) is 12.1 Å². The molecular weight excluding hydrogens is 375 g/mol. The van der Waals surface area contributed by atoms with E-state index in [0.29, 0.717) is 0 Å². The molecule has 0 saturated heterocycles. The quantitative estimate of drug-likeness (QED) is 0.752. The summed E-state index contributed by atoms with van der Waals surface area (Å²) in [6.07, 6.45) is 0. The maximum atomic E-state index is 8.49. The van der Waals surface area contributed by atoms with E-state index in [1.165, 1.54) is 14.7 Å². The molecule has 0 saturated carbocycles. The van der Waals surface area contributed by atoms with Gasteiger partial charge in [-0.15, -0.1) is 0 Å². The zero-order valence-corrected chi connectivity index (χ0v) is 14.2. The normalized spacial score (nSPS) is 11.5. The number of hydrogen-bond acceptors (Lipinski definition) is 3. The topological polar surface area (TPSA) is 45.0 Å². The molecule has 1 atom stereocenters. The van der Waals surface area contributed by atoms with Crippen LogP contribution < -0.4 is 10.1 Å². The summed E-state index contributed by atoms with van der Waals surface area (Å²) < 4.78 is 6.50. The van der Waals surface area contributed by atoms with E-state index < -0.39 is 0 Å². The lowest BCUT2D eigenvalue weighted by Crippen LogP contribution is -2.07. The van der Waals surface area contributed by atoms with Gasteiger partial charge >= 0.3 is 0 Å². The van der Waals surface area contributed by atoms with Crippen LogP contribution in [0.2, 0.25) is 0 Å². The third kappa shape index (κ3) is 4.36. The second-order valence-corrected chi connectivity index (χ2v) is 6.09. The molecule has 0 bridgehead atoms. The monoisotopic (exact) mass is 392 g/mol. The van der Waals surface area contributed by atoms with Crippen molar-refractivity contribution >= 4 is 28.3 Å². The van der Waals surface area contributed by atoms with Crippen molar-refractivity contribution in [3.8, 4) is 11.8 Å². The van der Waals surface area contributed by atoms with E-state index in [4.69, 9.17) is 10.00 Å². The largest absolute Gasteiger partial charge is 0.479 e. The van der Waals surface area contributed by atoms with Gasteiger partial charge in [0.15, 0.2) is 6.61 Å². The van der Waals surface area contributed by atoms with Crippen LogP contribution in [-0.4, -0.2) is 6.61 Å². The smallest absolute Gasteiger partial charge is 0.174 e. The highest BCUT2D eigenvalue weighted by atomic mass is 127. The Labute approximate surface area is 139 Å². The summed E-state index contributed by atoms with van der Waals surface area (Å²) in [5.41, 5.74) is 3.56. The Morgan fingerprint density at radius 1 is 1.24 bits per heavy atom. The van der Waals surface area contributed by atoms with Crippen LogP contribution in [0.1, 0.15) is 24.1 Å². The molecule has 0 fully saturated rings. The number of nitriles is 1. The molecule has 2 aromatic carbocycles. The van der Waals surface area contributed by atoms with Crippen molar-refractivity contribution < 1.29 is 4.74 Å². The number of anilines is 1. The summed E-state index contributed by atoms with van der Waals surface area (Å²) in [5.74, 6) is 0.720. The van der Waals surface area contributed by atoms with E-state index in [1.54, 1.807) is 0 Å². The zero-order valence-electron chi connectivity index (χ0n) is 12.1. The average Bonchev–Trinajstić information content (AvgIpc) is 2.48. The molecule has 4 heteroatoms. The average molecular weight is 392 g/mol. The third-order valence-electron chi connectivity index (χ3n) is 3.24. The third-order valence-corrected chi connectivity index (χ3v) is 3.91. The van der Waals surface area contributed by atoms with Crippen LogP contribution in [0.4, 0.5) is 5.69 Å². The van der Waals surface area contributed by atoms with Crippen molar-refractivity contribution in [2.75, 3.05) is 11.9 Å². The zero-order chi connectivity index (χ0) is 15.2. The lowest BCUT2D eigenvalue weighted by atomic mass is 10.1. The molecule has 2 rings (SSSR count). The molecule has 0 aliphatic rings. The first-order chi connectivity index (χ1) is 10.1. The second kappa shape index (κ2) is 7.32. The van der Waals surface area contributed by atoms with Gasteiger partial charge < -0.3 is 10.1 Å². The minimum atomic E-state index is 0.0784. The molecule has 0 aliphatic carbocycles. The van der Waals surface area contributed by atoms with Gasteiger partial charge in [0.25, 0.3) is 0 Å². The molecule has 0 heterocycles. The van der Waals surface area contributed by atoms with Gasteiger partial charge in [0.1, 0.15) is 11.8 Å². The number of ether oxygens (including phenoxy) is 1. The van der Waals surface area contributed by atoms with E-state index in [-0.39, 0.29) is 12.6 Å². The summed E-state index contributed by atoms with van der Waals surface area (Å²) in [5, 5.41) is 12.0. The molecule has 2 aromatic rings. The summed E-state index contributed by atoms with van der Waals surface area (Å²) >= 11 is 2.32. The van der Waals surface area contributed by atoms with E-state index in [0.717, 1.165) is 11.4 Å². The number of hydrogen-bond donors (Lipinski definition) is 1. The van der Waals surface area contributed by atoms with Crippen LogP contribution >= 0.6 is 22.6 Å². The first-order valence-electron chi connectivity index (χ1n) is 6.72. The van der Waals surface area contributed by atoms with Gasteiger partial charge in [-0.05, 0) is 77.9 Å². The van der Waals surface area contributed by atoms with Crippen molar-refractivity contribution in [1.29, 1.82) is 5.26 Å². The number of nitrogens with zero attached hydrogens (tertiary/aromatic N) is 1. The van der Waals surface area contributed by atoms with Gasteiger partial charge in [0.2, 0.25) is 0 Å². The van der Waals surface area contributed by atoms with E-state index in [1.807, 2.05) is 30.3 Å². The van der Waals surface area contributed by atoms with Crippen LogP contribution in [-0.2, 0) is 0 Å². The molecule has 1 unspecified atom stereocenters. The fraction of sp³-hybridized carbons (Fsp3) is 0.235. The first kappa shape index (κ1) is 15.6. The molecule has 3 nitrogen and oxygen atoms in total. The number of benzene rings is 2. The van der Waals surface area contributed by atoms with Crippen LogP contribution in [0, 0.1) is 21.8 Å². The molecule has 0 amide bonds. The number of nitrogens with one attached hydrogen (secondary N) is 1. The summed E-state index contributed by atoms with van der Waals surface area (Å²) in [6, 6.07) is 16.4. The molecule has 21 heavy (non-hydrogen) atoms. The van der Waals surface area contributed by atoms with Crippen LogP contribution in [0.3, 0.4) is 0 Å². The van der Waals surface area contributed by atoms with Crippen LogP contribution in [0.25, 0.3) is 0 Å². The van der Waals surface area contributed by atoms with Crippen LogP contribution in [0.15, 0.2) is 42.5 Å². The molecule has 108 valence electrons. The van der Waals surface area contributed by atoms with Gasteiger partial charge in [-0.2, -0.15) is 5.26 Å². The molecule has 1 N–H and O–H groups in total. The van der Waals surface area contributed by atoms with Crippen molar-refractivity contribution in [2.45, 2.75) is 19.9 Å². The summed E-state index contributed by atoms with van der Waals surface area (Å²) in [4.78, 5) is 0. The van der Waals surface area contributed by atoms with Gasteiger partial charge in [0, 0.05) is 15.3 Å². The molecule has 0 aliphatic heterocycles. The Kier molecular flexibility index (Phi) is 5.45. The number of rotatable bonds is 5. The Hall–Kier alpha value is -1.74. The lowest BCUT2D eigenvalue weighted by Gasteiger charge is -2.18. The minimum Gasteiger partial charge on any atom is -0.479 e. The predicted molar refractivity (Wildman–Crippen MR) is 93.5 cm³/mol. The Bertz CT molecular complexity index is 647. The maximum absolute atomic E-state index is 8.49. The Balaban J connectivity index is 2.06. The SMILES string of the molecule is Cc1cc(I)ccc1NC(C)c1ccc(OCC#N)cc1. The highest BCUT2D eigenvalue weighted by Crippen LogP contribution is 2.24. The van der Waals surface area contributed by atoms with Gasteiger partial charge in [0.05, 0.1) is 0 Å².